The molecule has 0 spiro atoms. The van der Waals surface area contributed by atoms with E-state index in [2.05, 4.69) is 5.32 Å². The summed E-state index contributed by atoms with van der Waals surface area (Å²) >= 11 is 0. The first kappa shape index (κ1) is 19.6. The van der Waals surface area contributed by atoms with E-state index in [0.29, 0.717) is 17.5 Å². The molecular weight excluding hydrogens is 366 g/mol. The standard InChI is InChI=1S/C17H18F2N2O4S/c1-3-21(26(2,23)24)13-5-7-14(8-6-13)25-11-17(22)20-16-9-4-12(18)10-15(16)19/h4-10H,3,11H2,1-2H3,(H,20,22). The summed E-state index contributed by atoms with van der Waals surface area (Å²) in [5, 5.41) is 2.27. The van der Waals surface area contributed by atoms with Gasteiger partial charge in [-0.2, -0.15) is 0 Å². The number of carbonyl (C=O) groups excluding carboxylic acids is 1. The van der Waals surface area contributed by atoms with Crippen LogP contribution in [0, 0.1) is 11.6 Å². The molecular formula is C17H18F2N2O4S. The summed E-state index contributed by atoms with van der Waals surface area (Å²) in [5.74, 6) is -1.91. The van der Waals surface area contributed by atoms with Crippen LogP contribution in [0.5, 0.6) is 5.75 Å². The number of halogens is 2. The second kappa shape index (κ2) is 8.13. The number of anilines is 2. The van der Waals surface area contributed by atoms with Gasteiger partial charge in [0.05, 0.1) is 17.6 Å². The lowest BCUT2D eigenvalue weighted by Gasteiger charge is -2.20. The Kier molecular flexibility index (Phi) is 6.14. The van der Waals surface area contributed by atoms with Gasteiger partial charge in [-0.15, -0.1) is 0 Å². The molecule has 9 heteroatoms. The average molecular weight is 384 g/mol. The van der Waals surface area contributed by atoms with Crippen molar-refractivity contribution in [3.8, 4) is 5.75 Å². The molecule has 1 amide bonds. The molecule has 0 bridgehead atoms. The molecule has 140 valence electrons. The van der Waals surface area contributed by atoms with Gasteiger partial charge in [-0.1, -0.05) is 0 Å². The van der Waals surface area contributed by atoms with Crippen LogP contribution in [0.4, 0.5) is 20.2 Å². The maximum atomic E-state index is 13.5. The van der Waals surface area contributed by atoms with Crippen molar-refractivity contribution in [1.82, 2.24) is 0 Å². The molecule has 0 aliphatic rings. The molecule has 0 saturated carbocycles. The number of hydrogen-bond acceptors (Lipinski definition) is 4. The molecule has 6 nitrogen and oxygen atoms in total. The highest BCUT2D eigenvalue weighted by Crippen LogP contribution is 2.21. The fraction of sp³-hybridized carbons (Fsp3) is 0.235. The zero-order valence-electron chi connectivity index (χ0n) is 14.2. The van der Waals surface area contributed by atoms with Crippen LogP contribution in [0.3, 0.4) is 0 Å². The Labute approximate surface area is 150 Å². The first-order valence-electron chi connectivity index (χ1n) is 7.66. The number of benzene rings is 2. The van der Waals surface area contributed by atoms with E-state index >= 15 is 0 Å². The molecule has 0 aliphatic heterocycles. The zero-order valence-corrected chi connectivity index (χ0v) is 15.0. The largest absolute Gasteiger partial charge is 0.484 e. The quantitative estimate of drug-likeness (QED) is 0.797. The predicted octanol–water partition coefficient (Wildman–Crippen LogP) is 2.77. The number of hydrogen-bond donors (Lipinski definition) is 1. The minimum Gasteiger partial charge on any atom is -0.484 e. The zero-order chi connectivity index (χ0) is 19.3. The third-order valence-electron chi connectivity index (χ3n) is 3.39. The van der Waals surface area contributed by atoms with Crippen molar-refractivity contribution in [1.29, 1.82) is 0 Å². The minimum absolute atomic E-state index is 0.151. The normalized spacial score (nSPS) is 11.1. The molecule has 0 aromatic heterocycles. The van der Waals surface area contributed by atoms with E-state index in [0.717, 1.165) is 18.4 Å². The number of sulfonamides is 1. The van der Waals surface area contributed by atoms with Crippen molar-refractivity contribution in [2.24, 2.45) is 0 Å². The van der Waals surface area contributed by atoms with Gasteiger partial charge in [0.25, 0.3) is 5.91 Å². The van der Waals surface area contributed by atoms with Gasteiger partial charge >= 0.3 is 0 Å². The summed E-state index contributed by atoms with van der Waals surface area (Å²) in [5.41, 5.74) is 0.322. The van der Waals surface area contributed by atoms with Crippen molar-refractivity contribution in [2.45, 2.75) is 6.92 Å². The lowest BCUT2D eigenvalue weighted by atomic mass is 10.3. The first-order chi connectivity index (χ1) is 12.2. The van der Waals surface area contributed by atoms with Gasteiger partial charge in [-0.25, -0.2) is 17.2 Å². The number of nitrogens with zero attached hydrogens (tertiary/aromatic N) is 1. The van der Waals surface area contributed by atoms with Crippen LogP contribution in [0.2, 0.25) is 0 Å². The minimum atomic E-state index is -3.38. The second-order valence-electron chi connectivity index (χ2n) is 5.38. The van der Waals surface area contributed by atoms with E-state index < -0.39 is 27.6 Å². The smallest absolute Gasteiger partial charge is 0.262 e. The van der Waals surface area contributed by atoms with Crippen LogP contribution in [-0.2, 0) is 14.8 Å². The van der Waals surface area contributed by atoms with E-state index in [9.17, 15) is 22.0 Å². The topological polar surface area (TPSA) is 75.7 Å². The molecule has 0 radical (unpaired) electrons. The number of amides is 1. The van der Waals surface area contributed by atoms with E-state index in [1.807, 2.05) is 0 Å². The highest BCUT2D eigenvalue weighted by atomic mass is 32.2. The van der Waals surface area contributed by atoms with E-state index in [1.165, 1.54) is 16.4 Å². The van der Waals surface area contributed by atoms with Crippen LogP contribution in [0.1, 0.15) is 6.92 Å². The summed E-state index contributed by atoms with van der Waals surface area (Å²) < 4.78 is 56.1. The molecule has 0 aliphatic carbocycles. The Morgan fingerprint density at radius 3 is 2.35 bits per heavy atom. The fourth-order valence-electron chi connectivity index (χ4n) is 2.24. The maximum Gasteiger partial charge on any atom is 0.262 e. The van der Waals surface area contributed by atoms with E-state index in [-0.39, 0.29) is 18.8 Å². The maximum absolute atomic E-state index is 13.5. The summed E-state index contributed by atoms with van der Waals surface area (Å²) in [7, 11) is -3.38. The van der Waals surface area contributed by atoms with Gasteiger partial charge in [0.15, 0.2) is 6.61 Å². The van der Waals surface area contributed by atoms with Gasteiger partial charge in [0.1, 0.15) is 17.4 Å². The van der Waals surface area contributed by atoms with Gasteiger partial charge in [0, 0.05) is 12.6 Å². The Hall–Kier alpha value is -2.68. The van der Waals surface area contributed by atoms with Crippen LogP contribution >= 0.6 is 0 Å². The van der Waals surface area contributed by atoms with E-state index in [1.54, 1.807) is 19.1 Å². The second-order valence-corrected chi connectivity index (χ2v) is 7.29. The lowest BCUT2D eigenvalue weighted by molar-refractivity contribution is -0.118. The fourth-order valence-corrected chi connectivity index (χ4v) is 3.22. The molecule has 0 fully saturated rings. The highest BCUT2D eigenvalue weighted by Gasteiger charge is 2.15. The van der Waals surface area contributed by atoms with Gasteiger partial charge in [-0.05, 0) is 43.3 Å². The predicted molar refractivity (Wildman–Crippen MR) is 94.8 cm³/mol. The molecule has 26 heavy (non-hydrogen) atoms. The first-order valence-corrected chi connectivity index (χ1v) is 9.51. The third-order valence-corrected chi connectivity index (χ3v) is 4.66. The number of rotatable bonds is 7. The summed E-state index contributed by atoms with van der Waals surface area (Å²) in [6.45, 7) is 1.61. The van der Waals surface area contributed by atoms with Gasteiger partial charge in [-0.3, -0.25) is 9.10 Å². The molecule has 2 rings (SSSR count). The molecule has 0 saturated heterocycles. The summed E-state index contributed by atoms with van der Waals surface area (Å²) in [6.07, 6.45) is 1.11. The molecule has 0 unspecified atom stereocenters. The number of carbonyl (C=O) groups is 1. The van der Waals surface area contributed by atoms with Crippen LogP contribution < -0.4 is 14.4 Å². The van der Waals surface area contributed by atoms with Gasteiger partial charge in [0.2, 0.25) is 10.0 Å². The Morgan fingerprint density at radius 2 is 1.81 bits per heavy atom. The van der Waals surface area contributed by atoms with Gasteiger partial charge < -0.3 is 10.1 Å². The van der Waals surface area contributed by atoms with Crippen molar-refractivity contribution < 1.29 is 26.7 Å². The average Bonchev–Trinajstić information content (AvgIpc) is 2.56. The highest BCUT2D eigenvalue weighted by molar-refractivity contribution is 7.92. The third kappa shape index (κ3) is 5.16. The number of ether oxygens (including phenoxy) is 1. The van der Waals surface area contributed by atoms with Crippen molar-refractivity contribution in [3.63, 3.8) is 0 Å². The SMILES string of the molecule is CCN(c1ccc(OCC(=O)Nc2ccc(F)cc2F)cc1)S(C)(=O)=O. The molecule has 0 atom stereocenters. The molecule has 2 aromatic rings. The lowest BCUT2D eigenvalue weighted by Crippen LogP contribution is -2.29. The van der Waals surface area contributed by atoms with Crippen LogP contribution in [0.25, 0.3) is 0 Å². The molecule has 1 N–H and O–H groups in total. The number of nitrogens with one attached hydrogen (secondary N) is 1. The van der Waals surface area contributed by atoms with Crippen LogP contribution in [0.15, 0.2) is 42.5 Å². The Bertz CT molecular complexity index is 886. The summed E-state index contributed by atoms with van der Waals surface area (Å²) in [6, 6.07) is 8.95. The molecule has 2 aromatic carbocycles. The molecule has 0 heterocycles. The van der Waals surface area contributed by atoms with E-state index in [4.69, 9.17) is 4.74 Å². The summed E-state index contributed by atoms with van der Waals surface area (Å²) in [4.78, 5) is 11.8. The Balaban J connectivity index is 1.96. The van der Waals surface area contributed by atoms with Crippen LogP contribution in [-0.4, -0.2) is 33.7 Å². The Morgan fingerprint density at radius 1 is 1.15 bits per heavy atom. The monoisotopic (exact) mass is 384 g/mol. The van der Waals surface area contributed by atoms with Crippen molar-refractivity contribution >= 4 is 27.3 Å². The van der Waals surface area contributed by atoms with Crippen molar-refractivity contribution in [3.05, 3.63) is 54.1 Å². The van der Waals surface area contributed by atoms with Crippen molar-refractivity contribution in [2.75, 3.05) is 29.0 Å².